The van der Waals surface area contributed by atoms with Gasteiger partial charge in [-0.05, 0) is 65.7 Å². The maximum absolute atomic E-state index is 3.64. The van der Waals surface area contributed by atoms with Crippen molar-refractivity contribution >= 4 is 38.5 Å². The molecule has 1 atom stereocenters. The number of halogens is 2. The number of nitrogens with one attached hydrogen (secondary N) is 1. The van der Waals surface area contributed by atoms with Gasteiger partial charge in [0.05, 0.1) is 0 Å². The average Bonchev–Trinajstić information content (AvgIpc) is 2.50. The second-order valence-corrected chi connectivity index (χ2v) is 6.10. The van der Waals surface area contributed by atoms with Crippen LogP contribution >= 0.6 is 38.5 Å². The van der Waals surface area contributed by atoms with Gasteiger partial charge in [-0.3, -0.25) is 0 Å². The Hall–Kier alpha value is 0.390. The van der Waals surface area contributed by atoms with Crippen molar-refractivity contribution in [1.82, 2.24) is 5.32 Å². The monoisotopic (exact) mass is 379 g/mol. The minimum absolute atomic E-state index is 0.553. The van der Waals surface area contributed by atoms with Gasteiger partial charge in [-0.25, -0.2) is 0 Å². The molecule has 1 aromatic rings. The van der Waals surface area contributed by atoms with Crippen LogP contribution in [-0.2, 0) is 0 Å². The van der Waals surface area contributed by atoms with E-state index in [4.69, 9.17) is 0 Å². The van der Waals surface area contributed by atoms with E-state index in [1.807, 2.05) is 0 Å². The number of hydrogen-bond acceptors (Lipinski definition) is 1. The Labute approximate surface area is 113 Å². The minimum atomic E-state index is 0.553. The molecular weight excluding hydrogens is 365 g/mol. The third-order valence-corrected chi connectivity index (χ3v) is 4.37. The van der Waals surface area contributed by atoms with Gasteiger partial charge in [0.25, 0.3) is 0 Å². The van der Waals surface area contributed by atoms with Crippen molar-refractivity contribution in [3.8, 4) is 0 Å². The van der Waals surface area contributed by atoms with Crippen LogP contribution in [0.3, 0.4) is 0 Å². The zero-order chi connectivity index (χ0) is 10.7. The molecular formula is C12H15BrIN. The lowest BCUT2D eigenvalue weighted by molar-refractivity contribution is 0.532. The summed E-state index contributed by atoms with van der Waals surface area (Å²) in [5.74, 6) is 0. The van der Waals surface area contributed by atoms with Crippen LogP contribution in [0, 0.1) is 3.57 Å². The van der Waals surface area contributed by atoms with Crippen molar-refractivity contribution in [2.24, 2.45) is 0 Å². The van der Waals surface area contributed by atoms with Gasteiger partial charge < -0.3 is 5.32 Å². The predicted octanol–water partition coefficient (Wildman–Crippen LogP) is 4.26. The van der Waals surface area contributed by atoms with E-state index in [-0.39, 0.29) is 0 Å². The highest BCUT2D eigenvalue weighted by atomic mass is 127. The first-order valence-corrected chi connectivity index (χ1v) is 7.33. The van der Waals surface area contributed by atoms with Crippen LogP contribution in [-0.4, -0.2) is 6.54 Å². The van der Waals surface area contributed by atoms with Crippen molar-refractivity contribution in [1.29, 1.82) is 0 Å². The molecule has 15 heavy (non-hydrogen) atoms. The second-order valence-electron chi connectivity index (χ2n) is 4.02. The summed E-state index contributed by atoms with van der Waals surface area (Å²) in [4.78, 5) is 0. The Morgan fingerprint density at radius 3 is 3.00 bits per heavy atom. The van der Waals surface area contributed by atoms with Crippen LogP contribution in [0.2, 0.25) is 0 Å². The Balaban J connectivity index is 2.22. The minimum Gasteiger partial charge on any atom is -0.310 e. The number of benzene rings is 1. The van der Waals surface area contributed by atoms with Gasteiger partial charge >= 0.3 is 0 Å². The highest BCUT2D eigenvalue weighted by Gasteiger charge is 2.16. The third-order valence-electron chi connectivity index (χ3n) is 2.89. The molecule has 1 aromatic carbocycles. The van der Waals surface area contributed by atoms with Gasteiger partial charge in [0.15, 0.2) is 0 Å². The largest absolute Gasteiger partial charge is 0.310 e. The van der Waals surface area contributed by atoms with Gasteiger partial charge in [0.2, 0.25) is 0 Å². The maximum Gasteiger partial charge on any atom is 0.0331 e. The summed E-state index contributed by atoms with van der Waals surface area (Å²) < 4.78 is 2.55. The van der Waals surface area contributed by atoms with Crippen LogP contribution in [0.25, 0.3) is 0 Å². The first kappa shape index (κ1) is 11.9. The summed E-state index contributed by atoms with van der Waals surface area (Å²) >= 11 is 5.98. The molecule has 0 amide bonds. The third kappa shape index (κ3) is 3.17. The van der Waals surface area contributed by atoms with E-state index in [1.165, 1.54) is 39.3 Å². The number of rotatable bonds is 1. The Morgan fingerprint density at radius 1 is 1.27 bits per heavy atom. The van der Waals surface area contributed by atoms with E-state index < -0.39 is 0 Å². The summed E-state index contributed by atoms with van der Waals surface area (Å²) in [6.45, 7) is 1.16. The van der Waals surface area contributed by atoms with Gasteiger partial charge in [0, 0.05) is 14.1 Å². The Bertz CT molecular complexity index is 332. The summed E-state index contributed by atoms with van der Waals surface area (Å²) in [6.07, 6.45) is 5.31. The molecule has 1 N–H and O–H groups in total. The highest BCUT2D eigenvalue weighted by molar-refractivity contribution is 14.1. The van der Waals surface area contributed by atoms with Crippen molar-refractivity contribution in [3.63, 3.8) is 0 Å². The number of hydrogen-bond donors (Lipinski definition) is 1. The quantitative estimate of drug-likeness (QED) is 0.719. The van der Waals surface area contributed by atoms with E-state index in [0.29, 0.717) is 6.04 Å². The van der Waals surface area contributed by atoms with Crippen LogP contribution in [0.5, 0.6) is 0 Å². The Morgan fingerprint density at radius 2 is 2.13 bits per heavy atom. The molecule has 0 aromatic heterocycles. The van der Waals surface area contributed by atoms with Crippen LogP contribution < -0.4 is 5.32 Å². The van der Waals surface area contributed by atoms with Crippen molar-refractivity contribution in [3.05, 3.63) is 31.8 Å². The molecule has 1 saturated heterocycles. The van der Waals surface area contributed by atoms with E-state index in [2.05, 4.69) is 62.0 Å². The molecule has 2 rings (SSSR count). The zero-order valence-corrected chi connectivity index (χ0v) is 12.3. The molecule has 0 spiro atoms. The molecule has 0 aliphatic carbocycles. The molecule has 3 heteroatoms. The smallest absolute Gasteiger partial charge is 0.0331 e. The summed E-state index contributed by atoms with van der Waals surface area (Å²) in [7, 11) is 0. The Kier molecular flexibility index (Phi) is 4.46. The first-order valence-electron chi connectivity index (χ1n) is 5.46. The SMILES string of the molecule is Brc1ccc(I)c(C2CCCCCN2)c1. The fourth-order valence-electron chi connectivity index (χ4n) is 2.08. The van der Waals surface area contributed by atoms with Crippen LogP contribution in [0.15, 0.2) is 22.7 Å². The normalized spacial score (nSPS) is 22.4. The van der Waals surface area contributed by atoms with E-state index in [1.54, 1.807) is 0 Å². The standard InChI is InChI=1S/C12H15BrIN/c13-9-5-6-11(14)10(8-9)12-4-2-1-3-7-15-12/h5-6,8,12,15H,1-4,7H2. The topological polar surface area (TPSA) is 12.0 Å². The second kappa shape index (κ2) is 5.64. The molecule has 0 radical (unpaired) electrons. The zero-order valence-electron chi connectivity index (χ0n) is 8.60. The van der Waals surface area contributed by atoms with E-state index in [9.17, 15) is 0 Å². The predicted molar refractivity (Wildman–Crippen MR) is 76.1 cm³/mol. The summed E-state index contributed by atoms with van der Waals surface area (Å²) in [6, 6.07) is 7.11. The molecule has 1 unspecified atom stereocenters. The van der Waals surface area contributed by atoms with Gasteiger partial charge in [-0.1, -0.05) is 28.8 Å². The molecule has 0 saturated carbocycles. The van der Waals surface area contributed by atoms with E-state index >= 15 is 0 Å². The molecule has 1 fully saturated rings. The van der Waals surface area contributed by atoms with Gasteiger partial charge in [0.1, 0.15) is 0 Å². The summed E-state index contributed by atoms with van der Waals surface area (Å²) in [5.41, 5.74) is 1.45. The van der Waals surface area contributed by atoms with Gasteiger partial charge in [-0.15, -0.1) is 0 Å². The first-order chi connectivity index (χ1) is 7.27. The van der Waals surface area contributed by atoms with Crippen molar-refractivity contribution < 1.29 is 0 Å². The molecule has 1 nitrogen and oxygen atoms in total. The molecule has 0 bridgehead atoms. The molecule has 1 aliphatic rings. The molecule has 1 heterocycles. The lowest BCUT2D eigenvalue weighted by Gasteiger charge is -2.18. The lowest BCUT2D eigenvalue weighted by Crippen LogP contribution is -2.21. The highest BCUT2D eigenvalue weighted by Crippen LogP contribution is 2.28. The van der Waals surface area contributed by atoms with Crippen LogP contribution in [0.1, 0.15) is 37.3 Å². The molecule has 1 aliphatic heterocycles. The van der Waals surface area contributed by atoms with E-state index in [0.717, 1.165) is 6.54 Å². The van der Waals surface area contributed by atoms with Gasteiger partial charge in [-0.2, -0.15) is 0 Å². The average molecular weight is 380 g/mol. The van der Waals surface area contributed by atoms with Crippen molar-refractivity contribution in [2.45, 2.75) is 31.7 Å². The summed E-state index contributed by atoms with van der Waals surface area (Å²) in [5, 5.41) is 3.64. The lowest BCUT2D eigenvalue weighted by atomic mass is 10.0. The fraction of sp³-hybridized carbons (Fsp3) is 0.500. The fourth-order valence-corrected chi connectivity index (χ4v) is 3.17. The van der Waals surface area contributed by atoms with Crippen LogP contribution in [0.4, 0.5) is 0 Å². The molecule has 82 valence electrons. The maximum atomic E-state index is 3.64. The van der Waals surface area contributed by atoms with Crippen molar-refractivity contribution in [2.75, 3.05) is 6.54 Å².